The van der Waals surface area contributed by atoms with E-state index in [0.717, 1.165) is 6.54 Å². The molecule has 0 aliphatic carbocycles. The highest BCUT2D eigenvalue weighted by atomic mass is 14.9. The molecule has 0 unspecified atom stereocenters. The fraction of sp³-hybridized carbons (Fsp3) is 0.143. The van der Waals surface area contributed by atoms with E-state index in [1.54, 1.807) is 0 Å². The molecule has 1 heteroatoms. The zero-order valence-corrected chi connectivity index (χ0v) is 8.96. The van der Waals surface area contributed by atoms with Crippen molar-refractivity contribution in [2.45, 2.75) is 6.92 Å². The van der Waals surface area contributed by atoms with Gasteiger partial charge in [0, 0.05) is 17.8 Å². The SMILES string of the molecule is C=Cc1ccccc1C1=CC(C)=CCN1. The summed E-state index contributed by atoms with van der Waals surface area (Å²) < 4.78 is 0. The van der Waals surface area contributed by atoms with E-state index in [4.69, 9.17) is 0 Å². The van der Waals surface area contributed by atoms with E-state index in [1.807, 2.05) is 12.1 Å². The highest BCUT2D eigenvalue weighted by Crippen LogP contribution is 2.21. The topological polar surface area (TPSA) is 12.0 Å². The van der Waals surface area contributed by atoms with E-state index in [0.29, 0.717) is 0 Å². The molecule has 1 aromatic carbocycles. The van der Waals surface area contributed by atoms with Crippen LogP contribution >= 0.6 is 0 Å². The fourth-order valence-corrected chi connectivity index (χ4v) is 1.75. The smallest absolute Gasteiger partial charge is 0.0424 e. The van der Waals surface area contributed by atoms with E-state index in [9.17, 15) is 0 Å². The molecule has 0 fully saturated rings. The lowest BCUT2D eigenvalue weighted by molar-refractivity contribution is 0.981. The predicted octanol–water partition coefficient (Wildman–Crippen LogP) is 3.22. The second-order valence-electron chi connectivity index (χ2n) is 3.68. The van der Waals surface area contributed by atoms with E-state index >= 15 is 0 Å². The Balaban J connectivity index is 2.45. The largest absolute Gasteiger partial charge is 0.381 e. The second kappa shape index (κ2) is 4.18. The van der Waals surface area contributed by atoms with Crippen molar-refractivity contribution in [3.8, 4) is 0 Å². The van der Waals surface area contributed by atoms with E-state index in [-0.39, 0.29) is 0 Å². The van der Waals surface area contributed by atoms with Gasteiger partial charge in [-0.25, -0.2) is 0 Å². The highest BCUT2D eigenvalue weighted by molar-refractivity contribution is 5.75. The van der Waals surface area contributed by atoms with Crippen LogP contribution in [0.1, 0.15) is 18.1 Å². The first kappa shape index (κ1) is 9.78. The number of allylic oxidation sites excluding steroid dienone is 2. The molecule has 0 aromatic heterocycles. The van der Waals surface area contributed by atoms with Crippen LogP contribution < -0.4 is 5.32 Å². The van der Waals surface area contributed by atoms with Gasteiger partial charge in [-0.2, -0.15) is 0 Å². The number of hydrogen-bond acceptors (Lipinski definition) is 1. The summed E-state index contributed by atoms with van der Waals surface area (Å²) in [5, 5.41) is 3.38. The quantitative estimate of drug-likeness (QED) is 0.767. The van der Waals surface area contributed by atoms with Crippen LogP contribution in [0.25, 0.3) is 11.8 Å². The van der Waals surface area contributed by atoms with Gasteiger partial charge < -0.3 is 5.32 Å². The molecule has 0 spiro atoms. The van der Waals surface area contributed by atoms with Crippen molar-refractivity contribution in [1.82, 2.24) is 5.32 Å². The highest BCUT2D eigenvalue weighted by Gasteiger charge is 2.06. The van der Waals surface area contributed by atoms with Crippen LogP contribution in [0.15, 0.2) is 48.6 Å². The summed E-state index contributed by atoms with van der Waals surface area (Å²) in [5.74, 6) is 0. The summed E-state index contributed by atoms with van der Waals surface area (Å²) in [6.07, 6.45) is 6.25. The Kier molecular flexibility index (Phi) is 2.72. The number of nitrogens with one attached hydrogen (secondary N) is 1. The molecule has 0 saturated carbocycles. The third-order valence-corrected chi connectivity index (χ3v) is 2.56. The molecular weight excluding hydrogens is 182 g/mol. The molecule has 0 saturated heterocycles. The zero-order chi connectivity index (χ0) is 10.7. The number of benzene rings is 1. The number of rotatable bonds is 2. The molecule has 15 heavy (non-hydrogen) atoms. The Morgan fingerprint density at radius 1 is 1.33 bits per heavy atom. The van der Waals surface area contributed by atoms with Crippen LogP contribution in [-0.2, 0) is 0 Å². The lowest BCUT2D eigenvalue weighted by Crippen LogP contribution is -2.16. The van der Waals surface area contributed by atoms with Crippen molar-refractivity contribution >= 4 is 11.8 Å². The lowest BCUT2D eigenvalue weighted by atomic mass is 10.0. The zero-order valence-electron chi connectivity index (χ0n) is 8.96. The Labute approximate surface area is 90.8 Å². The molecule has 0 bridgehead atoms. The monoisotopic (exact) mass is 197 g/mol. The Morgan fingerprint density at radius 3 is 2.87 bits per heavy atom. The molecule has 76 valence electrons. The number of dihydropyridines is 1. The molecule has 1 nitrogen and oxygen atoms in total. The molecule has 1 heterocycles. The average molecular weight is 197 g/mol. The summed E-state index contributed by atoms with van der Waals surface area (Å²) >= 11 is 0. The first-order valence-corrected chi connectivity index (χ1v) is 5.15. The molecular formula is C14H15N. The first-order valence-electron chi connectivity index (χ1n) is 5.15. The summed E-state index contributed by atoms with van der Waals surface area (Å²) in [6, 6.07) is 8.29. The van der Waals surface area contributed by atoms with Gasteiger partial charge in [0.25, 0.3) is 0 Å². The molecule has 1 N–H and O–H groups in total. The maximum Gasteiger partial charge on any atom is 0.0424 e. The second-order valence-corrected chi connectivity index (χ2v) is 3.68. The molecule has 0 atom stereocenters. The predicted molar refractivity (Wildman–Crippen MR) is 66.3 cm³/mol. The third kappa shape index (κ3) is 2.01. The molecule has 1 aromatic rings. The van der Waals surface area contributed by atoms with E-state index < -0.39 is 0 Å². The minimum atomic E-state index is 0.906. The van der Waals surface area contributed by atoms with Crippen molar-refractivity contribution in [3.05, 3.63) is 59.7 Å². The van der Waals surface area contributed by atoms with Gasteiger partial charge in [0.2, 0.25) is 0 Å². The first-order chi connectivity index (χ1) is 7.31. The number of hydrogen-bond donors (Lipinski definition) is 1. The summed E-state index contributed by atoms with van der Waals surface area (Å²) in [5.41, 5.74) is 4.89. The van der Waals surface area contributed by atoms with Gasteiger partial charge in [0.05, 0.1) is 0 Å². The molecule has 2 rings (SSSR count). The normalized spacial score (nSPS) is 15.0. The van der Waals surface area contributed by atoms with Gasteiger partial charge in [-0.05, 0) is 18.6 Å². The average Bonchev–Trinajstić information content (AvgIpc) is 2.29. The Bertz CT molecular complexity index is 438. The summed E-state index contributed by atoms with van der Waals surface area (Å²) in [6.45, 7) is 6.86. The van der Waals surface area contributed by atoms with Gasteiger partial charge in [0.1, 0.15) is 0 Å². The standard InChI is InChI=1S/C14H15N/c1-3-12-6-4-5-7-13(12)14-10-11(2)8-9-15-14/h3-8,10,15H,1,9H2,2H3. The Morgan fingerprint density at radius 2 is 2.13 bits per heavy atom. The molecule has 1 aliphatic rings. The van der Waals surface area contributed by atoms with Crippen molar-refractivity contribution in [2.75, 3.05) is 6.54 Å². The van der Waals surface area contributed by atoms with Crippen molar-refractivity contribution in [1.29, 1.82) is 0 Å². The van der Waals surface area contributed by atoms with Gasteiger partial charge in [-0.3, -0.25) is 0 Å². The molecule has 0 amide bonds. The Hall–Kier alpha value is -1.76. The van der Waals surface area contributed by atoms with Gasteiger partial charge in [-0.15, -0.1) is 0 Å². The van der Waals surface area contributed by atoms with Crippen molar-refractivity contribution in [2.24, 2.45) is 0 Å². The fourth-order valence-electron chi connectivity index (χ4n) is 1.75. The minimum Gasteiger partial charge on any atom is -0.381 e. The van der Waals surface area contributed by atoms with Gasteiger partial charge in [-0.1, -0.05) is 48.6 Å². The maximum atomic E-state index is 3.84. The van der Waals surface area contributed by atoms with Crippen molar-refractivity contribution < 1.29 is 0 Å². The van der Waals surface area contributed by atoms with Gasteiger partial charge in [0.15, 0.2) is 0 Å². The van der Waals surface area contributed by atoms with Crippen molar-refractivity contribution in [3.63, 3.8) is 0 Å². The van der Waals surface area contributed by atoms with Crippen LogP contribution in [0.5, 0.6) is 0 Å². The minimum absolute atomic E-state index is 0.906. The van der Waals surface area contributed by atoms with Crippen LogP contribution in [0, 0.1) is 0 Å². The van der Waals surface area contributed by atoms with Gasteiger partial charge >= 0.3 is 0 Å². The van der Waals surface area contributed by atoms with Crippen LogP contribution in [0.2, 0.25) is 0 Å². The van der Waals surface area contributed by atoms with E-state index in [2.05, 4.69) is 49.2 Å². The van der Waals surface area contributed by atoms with E-state index in [1.165, 1.54) is 22.4 Å². The van der Waals surface area contributed by atoms with Crippen LogP contribution in [0.3, 0.4) is 0 Å². The third-order valence-electron chi connectivity index (χ3n) is 2.56. The summed E-state index contributed by atoms with van der Waals surface area (Å²) in [7, 11) is 0. The maximum absolute atomic E-state index is 3.84. The van der Waals surface area contributed by atoms with Crippen LogP contribution in [-0.4, -0.2) is 6.54 Å². The summed E-state index contributed by atoms with van der Waals surface area (Å²) in [4.78, 5) is 0. The molecule has 0 radical (unpaired) electrons. The van der Waals surface area contributed by atoms with Crippen LogP contribution in [0.4, 0.5) is 0 Å². The lowest BCUT2D eigenvalue weighted by Gasteiger charge is -2.16. The molecule has 1 aliphatic heterocycles.